The normalized spacial score (nSPS) is 12.2. The van der Waals surface area contributed by atoms with Gasteiger partial charge in [-0.2, -0.15) is 0 Å². The van der Waals surface area contributed by atoms with Gasteiger partial charge in [0.1, 0.15) is 0 Å². The van der Waals surface area contributed by atoms with E-state index in [0.29, 0.717) is 5.92 Å². The van der Waals surface area contributed by atoms with Crippen molar-refractivity contribution < 1.29 is 0 Å². The van der Waals surface area contributed by atoms with Crippen molar-refractivity contribution in [1.29, 1.82) is 0 Å². The third-order valence-electron chi connectivity index (χ3n) is 3.75. The molecule has 0 aliphatic heterocycles. The Kier molecular flexibility index (Phi) is 4.80. The second-order valence-corrected chi connectivity index (χ2v) is 6.14. The van der Waals surface area contributed by atoms with Crippen LogP contribution in [0.4, 0.5) is 0 Å². The fraction of sp³-hybridized carbons (Fsp3) is 0.211. The molecule has 106 valence electrons. The summed E-state index contributed by atoms with van der Waals surface area (Å²) in [4.78, 5) is 4.54. The Labute approximate surface area is 130 Å². The highest BCUT2D eigenvalue weighted by Gasteiger charge is 2.16. The fourth-order valence-electron chi connectivity index (χ4n) is 2.68. The molecular formula is C19H19NS. The summed E-state index contributed by atoms with van der Waals surface area (Å²) in [6.07, 6.45) is 5.37. The van der Waals surface area contributed by atoms with E-state index in [1.54, 1.807) is 11.3 Å². The van der Waals surface area contributed by atoms with Crippen molar-refractivity contribution in [3.05, 3.63) is 88.4 Å². The second kappa shape index (κ2) is 7.19. The third kappa shape index (κ3) is 3.79. The number of thiazole rings is 1. The van der Waals surface area contributed by atoms with Crippen molar-refractivity contribution in [3.8, 4) is 0 Å². The van der Waals surface area contributed by atoms with Gasteiger partial charge in [0, 0.05) is 17.5 Å². The van der Waals surface area contributed by atoms with E-state index in [1.165, 1.54) is 22.6 Å². The highest BCUT2D eigenvalue weighted by Crippen LogP contribution is 2.30. The number of benzene rings is 2. The first kappa shape index (κ1) is 14.0. The summed E-state index contributed by atoms with van der Waals surface area (Å²) in [5, 5.41) is 3.30. The Morgan fingerprint density at radius 3 is 2.29 bits per heavy atom. The summed E-state index contributed by atoms with van der Waals surface area (Å²) in [6, 6.07) is 21.5. The van der Waals surface area contributed by atoms with Crippen molar-refractivity contribution in [2.45, 2.75) is 25.2 Å². The number of rotatable bonds is 6. The lowest BCUT2D eigenvalue weighted by atomic mass is 9.93. The molecule has 0 saturated heterocycles. The number of hydrogen-bond donors (Lipinski definition) is 0. The van der Waals surface area contributed by atoms with Gasteiger partial charge in [0.25, 0.3) is 0 Å². The van der Waals surface area contributed by atoms with Gasteiger partial charge >= 0.3 is 0 Å². The second-order valence-electron chi connectivity index (χ2n) is 5.21. The summed E-state index contributed by atoms with van der Waals surface area (Å²) >= 11 is 1.76. The predicted octanol–water partition coefficient (Wildman–Crippen LogP) is 5.30. The van der Waals surface area contributed by atoms with Gasteiger partial charge in [0.2, 0.25) is 0 Å². The average molecular weight is 293 g/mol. The molecule has 1 unspecified atom stereocenters. The Bertz CT molecular complexity index is 632. The summed E-state index contributed by atoms with van der Waals surface area (Å²) in [7, 11) is 0. The summed E-state index contributed by atoms with van der Waals surface area (Å²) < 4.78 is 0. The number of aryl methyl sites for hydroxylation is 1. The van der Waals surface area contributed by atoms with Crippen LogP contribution in [0, 0.1) is 0 Å². The largest absolute Gasteiger partial charge is 0.249 e. The zero-order chi connectivity index (χ0) is 14.3. The average Bonchev–Trinajstić information content (AvgIpc) is 3.07. The van der Waals surface area contributed by atoms with Crippen molar-refractivity contribution >= 4 is 11.3 Å². The molecular weight excluding hydrogens is 274 g/mol. The smallest absolute Gasteiger partial charge is 0.0999 e. The van der Waals surface area contributed by atoms with E-state index < -0.39 is 0 Å². The molecule has 0 radical (unpaired) electrons. The molecule has 0 saturated carbocycles. The zero-order valence-corrected chi connectivity index (χ0v) is 12.8. The van der Waals surface area contributed by atoms with Crippen LogP contribution in [0.5, 0.6) is 0 Å². The molecule has 1 atom stereocenters. The first-order valence-electron chi connectivity index (χ1n) is 7.42. The van der Waals surface area contributed by atoms with Crippen molar-refractivity contribution in [2.75, 3.05) is 0 Å². The van der Waals surface area contributed by atoms with Gasteiger partial charge in [-0.1, -0.05) is 60.7 Å². The van der Waals surface area contributed by atoms with Crippen LogP contribution in [0.1, 0.15) is 34.9 Å². The van der Waals surface area contributed by atoms with Crippen LogP contribution >= 0.6 is 11.3 Å². The molecule has 0 amide bonds. The Balaban J connectivity index is 1.69. The zero-order valence-electron chi connectivity index (χ0n) is 12.0. The summed E-state index contributed by atoms with van der Waals surface area (Å²) in [5.41, 5.74) is 2.80. The van der Waals surface area contributed by atoms with Crippen LogP contribution in [0.15, 0.2) is 72.2 Å². The molecule has 0 aliphatic rings. The molecule has 0 aliphatic carbocycles. The number of nitrogens with zero attached hydrogens (tertiary/aromatic N) is 1. The Morgan fingerprint density at radius 1 is 0.905 bits per heavy atom. The topological polar surface area (TPSA) is 12.9 Å². The van der Waals surface area contributed by atoms with Gasteiger partial charge in [0.05, 0.1) is 5.01 Å². The molecule has 0 spiro atoms. The highest BCUT2D eigenvalue weighted by molar-refractivity contribution is 7.09. The molecule has 3 aromatic rings. The standard InChI is InChI=1S/C19H19NS/c1-3-8-16(9-4-1)10-7-13-18(19-20-14-15-21-19)17-11-5-2-6-12-17/h1-6,8-9,11-12,14-15,18H,7,10,13H2. The van der Waals surface area contributed by atoms with E-state index >= 15 is 0 Å². The van der Waals surface area contributed by atoms with Gasteiger partial charge in [-0.3, -0.25) is 0 Å². The predicted molar refractivity (Wildman–Crippen MR) is 89.8 cm³/mol. The quantitative estimate of drug-likeness (QED) is 0.601. The van der Waals surface area contributed by atoms with Gasteiger partial charge in [-0.05, 0) is 30.4 Å². The van der Waals surface area contributed by atoms with Crippen molar-refractivity contribution in [1.82, 2.24) is 4.98 Å². The van der Waals surface area contributed by atoms with Crippen LogP contribution in [0.25, 0.3) is 0 Å². The van der Waals surface area contributed by atoms with E-state index in [1.807, 2.05) is 6.20 Å². The highest BCUT2D eigenvalue weighted by atomic mass is 32.1. The minimum absolute atomic E-state index is 0.426. The Hall–Kier alpha value is -1.93. The minimum Gasteiger partial charge on any atom is -0.249 e. The van der Waals surface area contributed by atoms with Crippen molar-refractivity contribution in [2.24, 2.45) is 0 Å². The fourth-order valence-corrected chi connectivity index (χ4v) is 3.48. The van der Waals surface area contributed by atoms with Crippen LogP contribution < -0.4 is 0 Å². The van der Waals surface area contributed by atoms with Crippen LogP contribution in [0.3, 0.4) is 0 Å². The molecule has 1 heterocycles. The molecule has 21 heavy (non-hydrogen) atoms. The molecule has 1 nitrogen and oxygen atoms in total. The lowest BCUT2D eigenvalue weighted by Crippen LogP contribution is -2.01. The van der Waals surface area contributed by atoms with E-state index in [4.69, 9.17) is 0 Å². The maximum atomic E-state index is 4.54. The lowest BCUT2D eigenvalue weighted by molar-refractivity contribution is 0.658. The van der Waals surface area contributed by atoms with Gasteiger partial charge < -0.3 is 0 Å². The molecule has 3 rings (SSSR count). The number of hydrogen-bond acceptors (Lipinski definition) is 2. The van der Waals surface area contributed by atoms with E-state index in [9.17, 15) is 0 Å². The molecule has 2 heteroatoms. The molecule has 2 aromatic carbocycles. The van der Waals surface area contributed by atoms with E-state index in [2.05, 4.69) is 71.0 Å². The Morgan fingerprint density at radius 2 is 1.62 bits per heavy atom. The van der Waals surface area contributed by atoms with Crippen molar-refractivity contribution in [3.63, 3.8) is 0 Å². The SMILES string of the molecule is c1ccc(CCCC(c2ccccc2)c2nccs2)cc1. The molecule has 1 aromatic heterocycles. The van der Waals surface area contributed by atoms with E-state index in [-0.39, 0.29) is 0 Å². The summed E-state index contributed by atoms with van der Waals surface area (Å²) in [5.74, 6) is 0.426. The maximum Gasteiger partial charge on any atom is 0.0999 e. The van der Waals surface area contributed by atoms with Crippen LogP contribution in [-0.4, -0.2) is 4.98 Å². The monoisotopic (exact) mass is 293 g/mol. The van der Waals surface area contributed by atoms with Gasteiger partial charge in [0.15, 0.2) is 0 Å². The van der Waals surface area contributed by atoms with E-state index in [0.717, 1.165) is 12.8 Å². The number of aromatic nitrogens is 1. The summed E-state index contributed by atoms with van der Waals surface area (Å²) in [6.45, 7) is 0. The van der Waals surface area contributed by atoms with Crippen LogP contribution in [0.2, 0.25) is 0 Å². The molecule has 0 fully saturated rings. The first-order valence-corrected chi connectivity index (χ1v) is 8.30. The first-order chi connectivity index (χ1) is 10.4. The van der Waals surface area contributed by atoms with Gasteiger partial charge in [-0.25, -0.2) is 4.98 Å². The third-order valence-corrected chi connectivity index (χ3v) is 4.64. The maximum absolute atomic E-state index is 4.54. The molecule has 0 N–H and O–H groups in total. The molecule has 0 bridgehead atoms. The van der Waals surface area contributed by atoms with Crippen LogP contribution in [-0.2, 0) is 6.42 Å². The minimum atomic E-state index is 0.426. The van der Waals surface area contributed by atoms with Gasteiger partial charge in [-0.15, -0.1) is 11.3 Å². The lowest BCUT2D eigenvalue weighted by Gasteiger charge is -2.15.